The zero-order valence-electron chi connectivity index (χ0n) is 11.7. The highest BCUT2D eigenvalue weighted by atomic mass is 32.1. The first kappa shape index (κ1) is 14.1. The molecule has 2 aromatic rings. The molecule has 2 unspecified atom stereocenters. The maximum Gasteiger partial charge on any atom is 0.123 e. The Morgan fingerprint density at radius 1 is 1.26 bits per heavy atom. The number of methoxy groups -OCH3 is 1. The number of rotatable bonds is 6. The van der Waals surface area contributed by atoms with Gasteiger partial charge >= 0.3 is 0 Å². The maximum absolute atomic E-state index is 5.46. The van der Waals surface area contributed by atoms with Crippen molar-refractivity contribution in [2.45, 2.75) is 32.4 Å². The summed E-state index contributed by atoms with van der Waals surface area (Å²) < 4.78 is 5.46. The summed E-state index contributed by atoms with van der Waals surface area (Å²) in [6.45, 7) is 4.41. The van der Waals surface area contributed by atoms with Gasteiger partial charge in [-0.15, -0.1) is 0 Å². The molecule has 0 saturated carbocycles. The van der Waals surface area contributed by atoms with Crippen LogP contribution in [0, 0.1) is 0 Å². The van der Waals surface area contributed by atoms with E-state index in [0.29, 0.717) is 12.1 Å². The second-order valence-electron chi connectivity index (χ2n) is 4.65. The van der Waals surface area contributed by atoms with Gasteiger partial charge in [0.1, 0.15) is 5.75 Å². The third kappa shape index (κ3) is 3.37. The summed E-state index contributed by atoms with van der Waals surface area (Å²) >= 11 is 1.74. The molecule has 0 aliphatic heterocycles. The number of para-hydroxylation sites is 1. The van der Waals surface area contributed by atoms with Crippen molar-refractivity contribution in [3.63, 3.8) is 0 Å². The molecule has 1 heterocycles. The smallest absolute Gasteiger partial charge is 0.123 e. The van der Waals surface area contributed by atoms with Gasteiger partial charge in [-0.1, -0.05) is 25.1 Å². The van der Waals surface area contributed by atoms with Crippen LogP contribution in [0.25, 0.3) is 0 Å². The van der Waals surface area contributed by atoms with Crippen LogP contribution in [-0.4, -0.2) is 7.11 Å². The van der Waals surface area contributed by atoms with E-state index in [9.17, 15) is 0 Å². The Balaban J connectivity index is 2.16. The number of thiophene rings is 1. The van der Waals surface area contributed by atoms with Gasteiger partial charge in [-0.05, 0) is 41.8 Å². The fourth-order valence-corrected chi connectivity index (χ4v) is 3.06. The van der Waals surface area contributed by atoms with Crippen molar-refractivity contribution in [3.8, 4) is 5.75 Å². The highest BCUT2D eigenvalue weighted by molar-refractivity contribution is 7.07. The number of benzene rings is 1. The molecule has 1 aromatic heterocycles. The van der Waals surface area contributed by atoms with E-state index in [4.69, 9.17) is 4.74 Å². The number of hydrogen-bond donors (Lipinski definition) is 1. The molecule has 0 aliphatic carbocycles. The third-order valence-corrected chi connectivity index (χ3v) is 4.12. The standard InChI is InChI=1S/C16H21NOS/c1-4-15(14-7-5-6-8-16(14)18-3)17-12(2)13-9-10-19-11-13/h5-12,15,17H,4H2,1-3H3. The lowest BCUT2D eigenvalue weighted by Crippen LogP contribution is -2.24. The van der Waals surface area contributed by atoms with Crippen LogP contribution in [0.15, 0.2) is 41.1 Å². The van der Waals surface area contributed by atoms with Gasteiger partial charge in [0.05, 0.1) is 7.11 Å². The molecule has 0 fully saturated rings. The van der Waals surface area contributed by atoms with Gasteiger partial charge < -0.3 is 10.1 Å². The monoisotopic (exact) mass is 275 g/mol. The molecule has 1 N–H and O–H groups in total. The van der Waals surface area contributed by atoms with Gasteiger partial charge in [0.25, 0.3) is 0 Å². The van der Waals surface area contributed by atoms with Crippen molar-refractivity contribution in [2.24, 2.45) is 0 Å². The van der Waals surface area contributed by atoms with Gasteiger partial charge in [-0.3, -0.25) is 0 Å². The van der Waals surface area contributed by atoms with Crippen LogP contribution in [0.4, 0.5) is 0 Å². The van der Waals surface area contributed by atoms with E-state index in [0.717, 1.165) is 12.2 Å². The van der Waals surface area contributed by atoms with Crippen molar-refractivity contribution < 1.29 is 4.74 Å². The highest BCUT2D eigenvalue weighted by Gasteiger charge is 2.17. The van der Waals surface area contributed by atoms with Gasteiger partial charge in [0.2, 0.25) is 0 Å². The first-order valence-corrected chi connectivity index (χ1v) is 7.61. The summed E-state index contributed by atoms with van der Waals surface area (Å²) in [5, 5.41) is 8.01. The van der Waals surface area contributed by atoms with Crippen molar-refractivity contribution >= 4 is 11.3 Å². The van der Waals surface area contributed by atoms with E-state index in [1.807, 2.05) is 12.1 Å². The molecule has 0 amide bonds. The van der Waals surface area contributed by atoms with Gasteiger partial charge in [-0.2, -0.15) is 11.3 Å². The van der Waals surface area contributed by atoms with Crippen LogP contribution in [0.3, 0.4) is 0 Å². The van der Waals surface area contributed by atoms with E-state index in [-0.39, 0.29) is 0 Å². The zero-order valence-corrected chi connectivity index (χ0v) is 12.5. The topological polar surface area (TPSA) is 21.3 Å². The van der Waals surface area contributed by atoms with Crippen LogP contribution in [0.5, 0.6) is 5.75 Å². The summed E-state index contributed by atoms with van der Waals surface area (Å²) in [7, 11) is 1.73. The Morgan fingerprint density at radius 2 is 2.05 bits per heavy atom. The average Bonchev–Trinajstić information content (AvgIpc) is 2.98. The molecule has 0 saturated heterocycles. The molecular formula is C16H21NOS. The van der Waals surface area contributed by atoms with E-state index in [1.54, 1.807) is 18.4 Å². The Labute approximate surface area is 119 Å². The van der Waals surface area contributed by atoms with Crippen molar-refractivity contribution in [3.05, 3.63) is 52.2 Å². The average molecular weight is 275 g/mol. The Kier molecular flexibility index (Phi) is 5.00. The quantitative estimate of drug-likeness (QED) is 0.834. The lowest BCUT2D eigenvalue weighted by atomic mass is 10.0. The molecule has 102 valence electrons. The fourth-order valence-electron chi connectivity index (χ4n) is 2.30. The van der Waals surface area contributed by atoms with Gasteiger partial charge in [-0.25, -0.2) is 0 Å². The highest BCUT2D eigenvalue weighted by Crippen LogP contribution is 2.29. The van der Waals surface area contributed by atoms with Gasteiger partial charge in [0, 0.05) is 17.6 Å². The molecule has 2 nitrogen and oxygen atoms in total. The normalized spacial score (nSPS) is 14.1. The van der Waals surface area contributed by atoms with Crippen LogP contribution in [0.1, 0.15) is 43.5 Å². The van der Waals surface area contributed by atoms with E-state index in [1.165, 1.54) is 11.1 Å². The molecule has 2 rings (SSSR count). The molecule has 19 heavy (non-hydrogen) atoms. The zero-order chi connectivity index (χ0) is 13.7. The minimum Gasteiger partial charge on any atom is -0.496 e. The number of ether oxygens (including phenoxy) is 1. The molecule has 0 aliphatic rings. The van der Waals surface area contributed by atoms with Crippen LogP contribution >= 0.6 is 11.3 Å². The molecule has 2 atom stereocenters. The predicted octanol–water partition coefficient (Wildman–Crippen LogP) is 4.56. The summed E-state index contributed by atoms with van der Waals surface area (Å²) in [5.41, 5.74) is 2.58. The summed E-state index contributed by atoms with van der Waals surface area (Å²) in [4.78, 5) is 0. The predicted molar refractivity (Wildman–Crippen MR) is 81.9 cm³/mol. The minimum absolute atomic E-state index is 0.311. The third-order valence-electron chi connectivity index (χ3n) is 3.42. The maximum atomic E-state index is 5.46. The molecule has 0 radical (unpaired) electrons. The molecule has 0 bridgehead atoms. The van der Waals surface area contributed by atoms with E-state index in [2.05, 4.69) is 48.1 Å². The Bertz CT molecular complexity index is 495. The van der Waals surface area contributed by atoms with Crippen molar-refractivity contribution in [2.75, 3.05) is 7.11 Å². The van der Waals surface area contributed by atoms with Crippen molar-refractivity contribution in [1.82, 2.24) is 5.32 Å². The van der Waals surface area contributed by atoms with E-state index < -0.39 is 0 Å². The number of hydrogen-bond acceptors (Lipinski definition) is 3. The van der Waals surface area contributed by atoms with Crippen LogP contribution < -0.4 is 10.1 Å². The lowest BCUT2D eigenvalue weighted by molar-refractivity contribution is 0.388. The largest absolute Gasteiger partial charge is 0.496 e. The van der Waals surface area contributed by atoms with Crippen molar-refractivity contribution in [1.29, 1.82) is 0 Å². The first-order chi connectivity index (χ1) is 9.26. The minimum atomic E-state index is 0.311. The molecular weight excluding hydrogens is 254 g/mol. The van der Waals surface area contributed by atoms with Crippen LogP contribution in [-0.2, 0) is 0 Å². The Hall–Kier alpha value is -1.32. The summed E-state index contributed by atoms with van der Waals surface area (Å²) in [6, 6.07) is 11.1. The second kappa shape index (κ2) is 6.73. The van der Waals surface area contributed by atoms with Gasteiger partial charge in [0.15, 0.2) is 0 Å². The second-order valence-corrected chi connectivity index (χ2v) is 5.43. The SMILES string of the molecule is CCC(NC(C)c1ccsc1)c1ccccc1OC. The lowest BCUT2D eigenvalue weighted by Gasteiger charge is -2.24. The molecule has 1 aromatic carbocycles. The summed E-state index contributed by atoms with van der Waals surface area (Å²) in [5.74, 6) is 0.958. The number of nitrogens with one attached hydrogen (secondary N) is 1. The molecule has 0 spiro atoms. The fraction of sp³-hybridized carbons (Fsp3) is 0.375. The van der Waals surface area contributed by atoms with Crippen LogP contribution in [0.2, 0.25) is 0 Å². The van der Waals surface area contributed by atoms with E-state index >= 15 is 0 Å². The summed E-state index contributed by atoms with van der Waals surface area (Å²) in [6.07, 6.45) is 1.04. The first-order valence-electron chi connectivity index (χ1n) is 6.67. The molecule has 3 heteroatoms. The Morgan fingerprint density at radius 3 is 2.68 bits per heavy atom.